The highest BCUT2D eigenvalue weighted by molar-refractivity contribution is 7.89. The van der Waals surface area contributed by atoms with Gasteiger partial charge in [-0.05, 0) is 48.7 Å². The van der Waals surface area contributed by atoms with E-state index >= 15 is 0 Å². The van der Waals surface area contributed by atoms with Crippen molar-refractivity contribution < 1.29 is 13.2 Å². The maximum atomic E-state index is 12.8. The maximum absolute atomic E-state index is 12.8. The molecule has 4 rings (SSSR count). The van der Waals surface area contributed by atoms with Crippen LogP contribution in [0.4, 0.5) is 0 Å². The highest BCUT2D eigenvalue weighted by Gasteiger charge is 2.20. The molecule has 0 radical (unpaired) electrons. The molecule has 0 fully saturated rings. The maximum Gasteiger partial charge on any atom is 0.271 e. The molecular formula is C27H28N4O3S. The van der Waals surface area contributed by atoms with Gasteiger partial charge in [0.05, 0.1) is 11.1 Å². The molecule has 8 heteroatoms. The molecule has 4 aromatic rings. The van der Waals surface area contributed by atoms with E-state index in [4.69, 9.17) is 0 Å². The van der Waals surface area contributed by atoms with Crippen LogP contribution in [0.25, 0.3) is 10.9 Å². The second-order valence-electron chi connectivity index (χ2n) is 8.41. The van der Waals surface area contributed by atoms with Gasteiger partial charge in [-0.1, -0.05) is 55.0 Å². The third kappa shape index (κ3) is 5.34. The van der Waals surface area contributed by atoms with E-state index in [1.54, 1.807) is 61.8 Å². The Hall–Kier alpha value is -3.75. The molecule has 7 nitrogen and oxygen atoms in total. The highest BCUT2D eigenvalue weighted by atomic mass is 32.2. The lowest BCUT2D eigenvalue weighted by molar-refractivity contribution is 0.0955. The molecule has 0 unspecified atom stereocenters. The van der Waals surface area contributed by atoms with Crippen LogP contribution in [0.5, 0.6) is 0 Å². The lowest BCUT2D eigenvalue weighted by Gasteiger charge is -2.17. The predicted molar refractivity (Wildman–Crippen MR) is 139 cm³/mol. The molecule has 3 aromatic carbocycles. The fraction of sp³-hybridized carbons (Fsp3) is 0.185. The van der Waals surface area contributed by atoms with Crippen LogP contribution in [0.2, 0.25) is 0 Å². The summed E-state index contributed by atoms with van der Waals surface area (Å²) in [5.74, 6) is -0.345. The second kappa shape index (κ2) is 10.2. The minimum absolute atomic E-state index is 0.191. The summed E-state index contributed by atoms with van der Waals surface area (Å²) in [6, 6.07) is 19.7. The molecule has 1 aromatic heterocycles. The van der Waals surface area contributed by atoms with Gasteiger partial charge < -0.3 is 4.98 Å². The van der Waals surface area contributed by atoms with Crippen molar-refractivity contribution in [2.45, 2.75) is 31.7 Å². The molecule has 1 heterocycles. The van der Waals surface area contributed by atoms with E-state index in [2.05, 4.69) is 28.5 Å². The number of aromatic amines is 1. The Labute approximate surface area is 205 Å². The minimum atomic E-state index is -3.60. The number of aromatic nitrogens is 1. The van der Waals surface area contributed by atoms with Gasteiger partial charge in [-0.25, -0.2) is 13.8 Å². The minimum Gasteiger partial charge on any atom is -0.360 e. The normalized spacial score (nSPS) is 12.0. The van der Waals surface area contributed by atoms with Gasteiger partial charge in [0.25, 0.3) is 5.91 Å². The monoisotopic (exact) mass is 488 g/mol. The molecule has 0 spiro atoms. The topological polar surface area (TPSA) is 94.6 Å². The third-order valence-corrected chi connectivity index (χ3v) is 7.75. The van der Waals surface area contributed by atoms with E-state index in [9.17, 15) is 13.2 Å². The van der Waals surface area contributed by atoms with Gasteiger partial charge >= 0.3 is 0 Å². The quantitative estimate of drug-likeness (QED) is 0.280. The summed E-state index contributed by atoms with van der Waals surface area (Å²) in [4.78, 5) is 16.0. The van der Waals surface area contributed by atoms with Gasteiger partial charge in [-0.2, -0.15) is 9.41 Å². The Bertz CT molecular complexity index is 1470. The number of fused-ring (bicyclic) bond motifs is 1. The van der Waals surface area contributed by atoms with E-state index in [-0.39, 0.29) is 17.3 Å². The van der Waals surface area contributed by atoms with Crippen LogP contribution in [0.1, 0.15) is 39.5 Å². The van der Waals surface area contributed by atoms with Crippen LogP contribution in [0.15, 0.2) is 82.9 Å². The number of amides is 1. The van der Waals surface area contributed by atoms with Crippen molar-refractivity contribution >= 4 is 33.0 Å². The standard InChI is InChI=1S/C27H28N4O3S/c1-4-21-6-5-7-25-23(16-28-26(21)25)17-29-30-27(32)22-12-10-20(11-13-22)18-31(3)35(33,34)24-14-8-19(2)9-15-24/h5-17,28H,4,18H2,1-3H3,(H,30,32)/b29-17+. The fourth-order valence-corrected chi connectivity index (χ4v) is 5.02. The Kier molecular flexibility index (Phi) is 7.14. The first-order valence-corrected chi connectivity index (χ1v) is 12.8. The summed E-state index contributed by atoms with van der Waals surface area (Å²) in [7, 11) is -2.06. The SMILES string of the molecule is CCc1cccc2c(/C=N/NC(=O)c3ccc(CN(C)S(=O)(=O)c4ccc(C)cc4)cc3)c[nH]c12. The van der Waals surface area contributed by atoms with E-state index in [1.807, 2.05) is 25.3 Å². The summed E-state index contributed by atoms with van der Waals surface area (Å²) in [5, 5.41) is 5.16. The summed E-state index contributed by atoms with van der Waals surface area (Å²) in [6.45, 7) is 4.21. The number of rotatable bonds is 8. The molecule has 0 aliphatic carbocycles. The number of para-hydroxylation sites is 1. The molecule has 2 N–H and O–H groups in total. The highest BCUT2D eigenvalue weighted by Crippen LogP contribution is 2.21. The number of carbonyl (C=O) groups is 1. The molecule has 0 saturated heterocycles. The van der Waals surface area contributed by atoms with Crippen molar-refractivity contribution in [3.8, 4) is 0 Å². The zero-order valence-corrected chi connectivity index (χ0v) is 20.8. The average Bonchev–Trinajstić information content (AvgIpc) is 3.28. The number of H-pyrrole nitrogens is 1. The van der Waals surface area contributed by atoms with Gasteiger partial charge in [0.15, 0.2) is 0 Å². The van der Waals surface area contributed by atoms with Crippen LogP contribution in [-0.4, -0.2) is 36.9 Å². The van der Waals surface area contributed by atoms with Crippen molar-refractivity contribution in [1.82, 2.24) is 14.7 Å². The van der Waals surface area contributed by atoms with E-state index in [0.717, 1.165) is 34.0 Å². The lowest BCUT2D eigenvalue weighted by Crippen LogP contribution is -2.26. The molecule has 0 atom stereocenters. The van der Waals surface area contributed by atoms with Crippen molar-refractivity contribution in [3.05, 3.63) is 101 Å². The molecule has 1 amide bonds. The summed E-state index contributed by atoms with van der Waals surface area (Å²) >= 11 is 0. The zero-order chi connectivity index (χ0) is 25.0. The van der Waals surface area contributed by atoms with E-state index < -0.39 is 10.0 Å². The molecular weight excluding hydrogens is 460 g/mol. The Morgan fingerprint density at radius 3 is 2.46 bits per heavy atom. The molecule has 35 heavy (non-hydrogen) atoms. The van der Waals surface area contributed by atoms with Gasteiger partial charge in [0.1, 0.15) is 0 Å². The Balaban J connectivity index is 1.39. The van der Waals surface area contributed by atoms with Crippen LogP contribution in [-0.2, 0) is 23.0 Å². The summed E-state index contributed by atoms with van der Waals surface area (Å²) in [6.07, 6.45) is 4.42. The van der Waals surface area contributed by atoms with E-state index in [0.29, 0.717) is 5.56 Å². The molecule has 0 aliphatic rings. The first-order valence-electron chi connectivity index (χ1n) is 11.3. The van der Waals surface area contributed by atoms with Gasteiger partial charge in [-0.3, -0.25) is 4.79 Å². The number of nitrogens with one attached hydrogen (secondary N) is 2. The van der Waals surface area contributed by atoms with Crippen molar-refractivity contribution in [1.29, 1.82) is 0 Å². The van der Waals surface area contributed by atoms with E-state index in [1.165, 1.54) is 9.87 Å². The number of hydrazone groups is 1. The fourth-order valence-electron chi connectivity index (χ4n) is 3.86. The Morgan fingerprint density at radius 2 is 1.77 bits per heavy atom. The molecule has 0 bridgehead atoms. The van der Waals surface area contributed by atoms with Crippen LogP contribution < -0.4 is 5.43 Å². The molecule has 0 aliphatic heterocycles. The second-order valence-corrected chi connectivity index (χ2v) is 10.5. The predicted octanol–water partition coefficient (Wildman–Crippen LogP) is 4.62. The summed E-state index contributed by atoms with van der Waals surface area (Å²) in [5.41, 5.74) is 7.95. The van der Waals surface area contributed by atoms with Gasteiger partial charge in [-0.15, -0.1) is 0 Å². The number of benzene rings is 3. The zero-order valence-electron chi connectivity index (χ0n) is 19.9. The van der Waals surface area contributed by atoms with Crippen LogP contribution in [0.3, 0.4) is 0 Å². The number of carbonyl (C=O) groups excluding carboxylic acids is 1. The molecule has 180 valence electrons. The number of hydrogen-bond acceptors (Lipinski definition) is 4. The first-order chi connectivity index (χ1) is 16.8. The third-order valence-electron chi connectivity index (χ3n) is 5.93. The van der Waals surface area contributed by atoms with Crippen molar-refractivity contribution in [2.24, 2.45) is 5.10 Å². The smallest absolute Gasteiger partial charge is 0.271 e. The largest absolute Gasteiger partial charge is 0.360 e. The Morgan fingerprint density at radius 1 is 1.06 bits per heavy atom. The van der Waals surface area contributed by atoms with Gasteiger partial charge in [0, 0.05) is 41.8 Å². The van der Waals surface area contributed by atoms with Crippen LogP contribution >= 0.6 is 0 Å². The number of hydrogen-bond donors (Lipinski definition) is 2. The van der Waals surface area contributed by atoms with Gasteiger partial charge in [0.2, 0.25) is 10.0 Å². The first kappa shape index (κ1) is 24.4. The number of aryl methyl sites for hydroxylation is 2. The summed E-state index contributed by atoms with van der Waals surface area (Å²) < 4.78 is 26.9. The average molecular weight is 489 g/mol. The van der Waals surface area contributed by atoms with Crippen LogP contribution in [0, 0.1) is 6.92 Å². The lowest BCUT2D eigenvalue weighted by atomic mass is 10.1. The molecule has 0 saturated carbocycles. The number of sulfonamides is 1. The number of nitrogens with zero attached hydrogens (tertiary/aromatic N) is 2. The van der Waals surface area contributed by atoms with Crippen molar-refractivity contribution in [2.75, 3.05) is 7.05 Å². The van der Waals surface area contributed by atoms with Crippen molar-refractivity contribution in [3.63, 3.8) is 0 Å².